The van der Waals surface area contributed by atoms with Crippen LogP contribution in [0.2, 0.25) is 0 Å². The van der Waals surface area contributed by atoms with Crippen molar-refractivity contribution in [3.05, 3.63) is 77.5 Å². The van der Waals surface area contributed by atoms with Gasteiger partial charge < -0.3 is 23.5 Å². The average Bonchev–Trinajstić information content (AvgIpc) is 3.41. The molecule has 2 aliphatic heterocycles. The number of oxazole rings is 1. The zero-order chi connectivity index (χ0) is 19.8. The summed E-state index contributed by atoms with van der Waals surface area (Å²) in [6, 6.07) is 15.7. The molecule has 2 aromatic carbocycles. The number of ether oxygens (including phenoxy) is 3. The number of fused-ring (bicyclic) bond motifs is 1. The molecular weight excluding hydrogens is 372 g/mol. The molecule has 3 aromatic rings. The fraction of sp³-hybridized carbons (Fsp3) is 0.273. The van der Waals surface area contributed by atoms with Gasteiger partial charge in [-0.05, 0) is 23.3 Å². The SMILES string of the molecule is Cc1nc(C(=O)N2C[C@@H](c3ccccc3)O[C@@H](c3ccc4c(c3)OCO4)C2)co1. The summed E-state index contributed by atoms with van der Waals surface area (Å²) in [5.41, 5.74) is 2.26. The number of aromatic nitrogens is 1. The van der Waals surface area contributed by atoms with E-state index in [0.29, 0.717) is 30.4 Å². The topological polar surface area (TPSA) is 74.0 Å². The Kier molecular flexibility index (Phi) is 4.44. The van der Waals surface area contributed by atoms with Crippen molar-refractivity contribution in [2.45, 2.75) is 19.1 Å². The van der Waals surface area contributed by atoms with Crippen LogP contribution in [0.4, 0.5) is 0 Å². The van der Waals surface area contributed by atoms with Crippen molar-refractivity contribution in [1.82, 2.24) is 9.88 Å². The normalized spacial score (nSPS) is 20.7. The Morgan fingerprint density at radius 3 is 2.52 bits per heavy atom. The molecule has 2 aliphatic rings. The number of carbonyl (C=O) groups excluding carboxylic acids is 1. The summed E-state index contributed by atoms with van der Waals surface area (Å²) in [6.07, 6.45) is 0.845. The monoisotopic (exact) mass is 392 g/mol. The Hall–Kier alpha value is -3.32. The number of morpholine rings is 1. The molecule has 0 unspecified atom stereocenters. The van der Waals surface area contributed by atoms with E-state index in [1.54, 1.807) is 11.8 Å². The van der Waals surface area contributed by atoms with Gasteiger partial charge in [-0.2, -0.15) is 0 Å². The van der Waals surface area contributed by atoms with E-state index in [9.17, 15) is 4.79 Å². The minimum absolute atomic E-state index is 0.170. The van der Waals surface area contributed by atoms with Gasteiger partial charge >= 0.3 is 0 Å². The van der Waals surface area contributed by atoms with Gasteiger partial charge in [-0.25, -0.2) is 4.98 Å². The Labute approximate surface area is 167 Å². The highest BCUT2D eigenvalue weighted by Gasteiger charge is 2.34. The number of nitrogens with zero attached hydrogens (tertiary/aromatic N) is 2. The lowest BCUT2D eigenvalue weighted by Crippen LogP contribution is -2.43. The third-order valence-corrected chi connectivity index (χ3v) is 5.17. The highest BCUT2D eigenvalue weighted by atomic mass is 16.7. The summed E-state index contributed by atoms with van der Waals surface area (Å²) < 4.78 is 22.5. The third kappa shape index (κ3) is 3.45. The molecule has 5 rings (SSSR count). The summed E-state index contributed by atoms with van der Waals surface area (Å²) >= 11 is 0. The maximum atomic E-state index is 13.1. The van der Waals surface area contributed by atoms with Gasteiger partial charge in [0.1, 0.15) is 18.5 Å². The third-order valence-electron chi connectivity index (χ3n) is 5.17. The van der Waals surface area contributed by atoms with Crippen LogP contribution in [0.25, 0.3) is 0 Å². The second-order valence-electron chi connectivity index (χ2n) is 7.10. The largest absolute Gasteiger partial charge is 0.454 e. The van der Waals surface area contributed by atoms with Crippen LogP contribution in [0, 0.1) is 6.92 Å². The standard InChI is InChI=1S/C22H20N2O5/c1-14-23-17(12-26-14)22(25)24-10-20(15-5-3-2-4-6-15)29-21(11-24)16-7-8-18-19(9-16)28-13-27-18/h2-9,12,20-21H,10-11,13H2,1H3/t20-,21+/m0/s1. The van der Waals surface area contributed by atoms with Crippen LogP contribution in [-0.2, 0) is 4.74 Å². The van der Waals surface area contributed by atoms with Crippen LogP contribution in [0.15, 0.2) is 59.2 Å². The van der Waals surface area contributed by atoms with Crippen molar-refractivity contribution < 1.29 is 23.4 Å². The fourth-order valence-corrected chi connectivity index (χ4v) is 3.70. The van der Waals surface area contributed by atoms with Crippen LogP contribution >= 0.6 is 0 Å². The lowest BCUT2D eigenvalue weighted by Gasteiger charge is -2.38. The Morgan fingerprint density at radius 1 is 1.00 bits per heavy atom. The van der Waals surface area contributed by atoms with Crippen LogP contribution in [0.5, 0.6) is 11.5 Å². The second kappa shape index (κ2) is 7.25. The molecule has 2 atom stereocenters. The first-order valence-electron chi connectivity index (χ1n) is 9.49. The van der Waals surface area contributed by atoms with Gasteiger partial charge in [0.15, 0.2) is 23.1 Å². The predicted molar refractivity (Wildman–Crippen MR) is 103 cm³/mol. The van der Waals surface area contributed by atoms with E-state index in [0.717, 1.165) is 16.9 Å². The molecular formula is C22H20N2O5. The van der Waals surface area contributed by atoms with Crippen molar-refractivity contribution in [1.29, 1.82) is 0 Å². The molecule has 0 aliphatic carbocycles. The van der Waals surface area contributed by atoms with E-state index in [1.165, 1.54) is 6.26 Å². The lowest BCUT2D eigenvalue weighted by molar-refractivity contribution is -0.0798. The number of aryl methyl sites for hydroxylation is 1. The molecule has 0 bridgehead atoms. The van der Waals surface area contributed by atoms with Gasteiger partial charge in [0, 0.05) is 6.92 Å². The smallest absolute Gasteiger partial charge is 0.276 e. The zero-order valence-corrected chi connectivity index (χ0v) is 15.9. The lowest BCUT2D eigenvalue weighted by atomic mass is 10.0. The minimum atomic E-state index is -0.305. The number of hydrogen-bond donors (Lipinski definition) is 0. The highest BCUT2D eigenvalue weighted by Crippen LogP contribution is 2.38. The van der Waals surface area contributed by atoms with Crippen LogP contribution in [-0.4, -0.2) is 35.7 Å². The molecule has 29 heavy (non-hydrogen) atoms. The van der Waals surface area contributed by atoms with Crippen LogP contribution in [0.3, 0.4) is 0 Å². The van der Waals surface area contributed by atoms with Crippen molar-refractivity contribution in [2.75, 3.05) is 19.9 Å². The summed E-state index contributed by atoms with van der Waals surface area (Å²) in [4.78, 5) is 19.0. The molecule has 0 radical (unpaired) electrons. The predicted octanol–water partition coefficient (Wildman–Crippen LogP) is 3.67. The van der Waals surface area contributed by atoms with E-state index in [-0.39, 0.29) is 24.9 Å². The van der Waals surface area contributed by atoms with Crippen molar-refractivity contribution in [3.8, 4) is 11.5 Å². The molecule has 1 aromatic heterocycles. The summed E-state index contributed by atoms with van der Waals surface area (Å²) in [6.45, 7) is 2.79. The number of benzene rings is 2. The molecule has 0 spiro atoms. The molecule has 1 fully saturated rings. The van der Waals surface area contributed by atoms with Gasteiger partial charge in [-0.3, -0.25) is 4.79 Å². The van der Waals surface area contributed by atoms with Gasteiger partial charge in [0.05, 0.1) is 13.1 Å². The maximum absolute atomic E-state index is 13.1. The average molecular weight is 392 g/mol. The van der Waals surface area contributed by atoms with E-state index in [2.05, 4.69) is 4.98 Å². The molecule has 148 valence electrons. The minimum Gasteiger partial charge on any atom is -0.454 e. The van der Waals surface area contributed by atoms with E-state index in [1.807, 2.05) is 48.5 Å². The summed E-state index contributed by atoms with van der Waals surface area (Å²) in [5, 5.41) is 0. The Balaban J connectivity index is 1.46. The van der Waals surface area contributed by atoms with E-state index < -0.39 is 0 Å². The zero-order valence-electron chi connectivity index (χ0n) is 15.9. The molecule has 0 N–H and O–H groups in total. The van der Waals surface area contributed by atoms with Crippen molar-refractivity contribution in [3.63, 3.8) is 0 Å². The molecule has 1 saturated heterocycles. The Morgan fingerprint density at radius 2 is 1.76 bits per heavy atom. The van der Waals surface area contributed by atoms with Crippen molar-refractivity contribution >= 4 is 5.91 Å². The first kappa shape index (κ1) is 17.8. The second-order valence-corrected chi connectivity index (χ2v) is 7.10. The van der Waals surface area contributed by atoms with Gasteiger partial charge in [-0.1, -0.05) is 36.4 Å². The first-order chi connectivity index (χ1) is 14.2. The first-order valence-corrected chi connectivity index (χ1v) is 9.49. The van der Waals surface area contributed by atoms with Crippen LogP contribution < -0.4 is 9.47 Å². The fourth-order valence-electron chi connectivity index (χ4n) is 3.70. The van der Waals surface area contributed by atoms with Crippen LogP contribution in [0.1, 0.15) is 39.7 Å². The van der Waals surface area contributed by atoms with E-state index >= 15 is 0 Å². The number of amides is 1. The number of carbonyl (C=O) groups is 1. The molecule has 3 heterocycles. The maximum Gasteiger partial charge on any atom is 0.276 e. The molecule has 7 heteroatoms. The molecule has 7 nitrogen and oxygen atoms in total. The highest BCUT2D eigenvalue weighted by molar-refractivity contribution is 5.92. The Bertz CT molecular complexity index is 1030. The summed E-state index contributed by atoms with van der Waals surface area (Å²) in [7, 11) is 0. The van der Waals surface area contributed by atoms with Gasteiger partial charge in [0.2, 0.25) is 6.79 Å². The van der Waals surface area contributed by atoms with Gasteiger partial charge in [-0.15, -0.1) is 0 Å². The molecule has 1 amide bonds. The van der Waals surface area contributed by atoms with Gasteiger partial charge in [0.25, 0.3) is 5.91 Å². The van der Waals surface area contributed by atoms with E-state index in [4.69, 9.17) is 18.6 Å². The molecule has 0 saturated carbocycles. The quantitative estimate of drug-likeness (QED) is 0.677. The summed E-state index contributed by atoms with van der Waals surface area (Å²) in [5.74, 6) is 1.71. The number of rotatable bonds is 3. The number of hydrogen-bond acceptors (Lipinski definition) is 6. The van der Waals surface area contributed by atoms with Crippen molar-refractivity contribution in [2.24, 2.45) is 0 Å².